The number of aromatic nitrogens is 4. The second-order valence-corrected chi connectivity index (χ2v) is 16.1. The summed E-state index contributed by atoms with van der Waals surface area (Å²) >= 11 is 15.0. The summed E-state index contributed by atoms with van der Waals surface area (Å²) < 4.78 is 26.2. The van der Waals surface area contributed by atoms with Crippen LogP contribution in [0.1, 0.15) is 58.7 Å². The zero-order chi connectivity index (χ0) is 29.5. The number of nitrogens with zero attached hydrogens (tertiary/aromatic N) is 3. The van der Waals surface area contributed by atoms with Crippen LogP contribution >= 0.6 is 45.9 Å². The number of sulfonamides is 1. The fourth-order valence-corrected chi connectivity index (χ4v) is 8.08. The zero-order valence-electron chi connectivity index (χ0n) is 23.3. The Morgan fingerprint density at radius 2 is 1.31 bits per heavy atom. The molecule has 0 saturated carbocycles. The van der Waals surface area contributed by atoms with E-state index >= 15 is 0 Å². The van der Waals surface area contributed by atoms with Crippen molar-refractivity contribution in [3.63, 3.8) is 0 Å². The minimum atomic E-state index is -3.08. The lowest BCUT2D eigenvalue weighted by molar-refractivity contribution is 0.318. The molecule has 0 amide bonds. The second kappa shape index (κ2) is 14.6. The number of nitrogens with one attached hydrogen (secondary N) is 5. The molecule has 42 heavy (non-hydrogen) atoms. The molecule has 0 spiro atoms. The van der Waals surface area contributed by atoms with Gasteiger partial charge in [0.25, 0.3) is 0 Å². The molecule has 0 aromatic carbocycles. The van der Waals surface area contributed by atoms with E-state index in [9.17, 15) is 8.42 Å². The molecule has 2 fully saturated rings. The summed E-state index contributed by atoms with van der Waals surface area (Å²) in [4.78, 5) is 2.37. The van der Waals surface area contributed by atoms with Gasteiger partial charge in [-0.25, -0.2) is 12.7 Å². The summed E-state index contributed by atoms with van der Waals surface area (Å²) in [5.74, 6) is 2.65. The van der Waals surface area contributed by atoms with Crippen LogP contribution in [0.5, 0.6) is 0 Å². The monoisotopic (exact) mass is 670 g/mol. The van der Waals surface area contributed by atoms with Crippen molar-refractivity contribution in [2.45, 2.75) is 50.6 Å². The average Bonchev–Trinajstić information content (AvgIpc) is 3.80. The minimum absolute atomic E-state index is 0.326. The molecule has 2 aliphatic heterocycles. The van der Waals surface area contributed by atoms with Crippen molar-refractivity contribution in [2.24, 2.45) is 0 Å². The van der Waals surface area contributed by atoms with E-state index in [1.54, 1.807) is 27.0 Å². The summed E-state index contributed by atoms with van der Waals surface area (Å²) in [7, 11) is -3.08. The third kappa shape index (κ3) is 8.94. The Morgan fingerprint density at radius 1 is 0.833 bits per heavy atom. The number of hydrogen-bond donors (Lipinski definition) is 5. The van der Waals surface area contributed by atoms with Gasteiger partial charge in [-0.3, -0.25) is 10.2 Å². The predicted molar refractivity (Wildman–Crippen MR) is 174 cm³/mol. The van der Waals surface area contributed by atoms with E-state index in [0.29, 0.717) is 31.5 Å². The van der Waals surface area contributed by atoms with E-state index in [1.807, 2.05) is 30.3 Å². The van der Waals surface area contributed by atoms with Crippen molar-refractivity contribution in [3.8, 4) is 0 Å². The highest BCUT2D eigenvalue weighted by molar-refractivity contribution is 7.88. The highest BCUT2D eigenvalue weighted by Crippen LogP contribution is 2.30. The van der Waals surface area contributed by atoms with Crippen molar-refractivity contribution in [3.05, 3.63) is 66.2 Å². The molecule has 0 radical (unpaired) electrons. The van der Waals surface area contributed by atoms with E-state index in [4.69, 9.17) is 23.2 Å². The van der Waals surface area contributed by atoms with Crippen molar-refractivity contribution in [1.29, 1.82) is 0 Å². The average molecular weight is 672 g/mol. The first kappa shape index (κ1) is 31.3. The molecule has 10 nitrogen and oxygen atoms in total. The maximum absolute atomic E-state index is 11.5. The fraction of sp³-hybridized carbons (Fsp3) is 0.481. The number of halogens is 2. The third-order valence-electron chi connectivity index (χ3n) is 7.48. The standard InChI is InChI=1S/C14H19ClN4O2S2.C13H17ClN4S/c1-23(20,21)19-6-4-10(5-7-19)12-8-14(18-17-12)16-9-11-2-3-13(15)22-11;14-12-2-1-10(19-12)8-16-13-7-11(17-18-13)9-3-5-15-6-4-9/h2-3,8,10H,4-7,9H2,1H3,(H2,16,17,18);1-2,7,9,15H,3-6,8H2,(H2,16,17,18). The summed E-state index contributed by atoms with van der Waals surface area (Å²) in [5, 5.41) is 24.8. The first-order valence-corrected chi connectivity index (χ1v) is 18.2. The van der Waals surface area contributed by atoms with Crippen molar-refractivity contribution < 1.29 is 8.42 Å². The van der Waals surface area contributed by atoms with Gasteiger partial charge in [-0.1, -0.05) is 23.2 Å². The fourth-order valence-electron chi connectivity index (χ4n) is 5.15. The lowest BCUT2D eigenvalue weighted by Crippen LogP contribution is -2.37. The Balaban J connectivity index is 0.000000171. The molecule has 2 saturated heterocycles. The van der Waals surface area contributed by atoms with E-state index in [1.165, 1.54) is 29.7 Å². The summed E-state index contributed by atoms with van der Waals surface area (Å²) in [6.07, 6.45) is 5.26. The normalized spacial score (nSPS) is 17.1. The second-order valence-electron chi connectivity index (χ2n) is 10.5. The molecule has 0 atom stereocenters. The van der Waals surface area contributed by atoms with Crippen LogP contribution in [-0.2, 0) is 23.1 Å². The molecule has 228 valence electrons. The molecule has 5 N–H and O–H groups in total. The Bertz CT molecular complexity index is 1520. The summed E-state index contributed by atoms with van der Waals surface area (Å²) in [5.41, 5.74) is 2.30. The van der Waals surface area contributed by atoms with Crippen molar-refractivity contribution >= 4 is 67.5 Å². The van der Waals surface area contributed by atoms with Crippen LogP contribution in [0.4, 0.5) is 11.6 Å². The van der Waals surface area contributed by atoms with E-state index < -0.39 is 10.0 Å². The number of anilines is 2. The molecule has 0 bridgehead atoms. The largest absolute Gasteiger partial charge is 0.364 e. The lowest BCUT2D eigenvalue weighted by atomic mass is 9.95. The topological polar surface area (TPSA) is 131 Å². The molecule has 4 aromatic rings. The van der Waals surface area contributed by atoms with Crippen LogP contribution in [-0.4, -0.2) is 65.6 Å². The maximum Gasteiger partial charge on any atom is 0.211 e. The molecule has 6 rings (SSSR count). The first-order valence-electron chi connectivity index (χ1n) is 14.0. The summed E-state index contributed by atoms with van der Waals surface area (Å²) in [6, 6.07) is 12.0. The molecular weight excluding hydrogens is 635 g/mol. The Hall–Kier alpha value is -2.13. The lowest BCUT2D eigenvalue weighted by Gasteiger charge is -2.29. The van der Waals surface area contributed by atoms with Crippen molar-refractivity contribution in [1.82, 2.24) is 30.0 Å². The predicted octanol–water partition coefficient (Wildman–Crippen LogP) is 6.08. The number of hydrogen-bond acceptors (Lipinski definition) is 9. The molecular formula is C27H36Cl2N8O2S3. The molecule has 15 heteroatoms. The molecule has 0 unspecified atom stereocenters. The zero-order valence-corrected chi connectivity index (χ0v) is 27.3. The van der Waals surface area contributed by atoms with Crippen LogP contribution in [0.2, 0.25) is 8.67 Å². The molecule has 0 aliphatic carbocycles. The highest BCUT2D eigenvalue weighted by atomic mass is 35.5. The highest BCUT2D eigenvalue weighted by Gasteiger charge is 2.26. The van der Waals surface area contributed by atoms with Gasteiger partial charge in [-0.15, -0.1) is 22.7 Å². The van der Waals surface area contributed by atoms with Gasteiger partial charge in [0.1, 0.15) is 11.6 Å². The quantitative estimate of drug-likeness (QED) is 0.146. The molecule has 2 aliphatic rings. The van der Waals surface area contributed by atoms with E-state index in [2.05, 4.69) is 42.4 Å². The number of thiophene rings is 2. The molecule has 6 heterocycles. The van der Waals surface area contributed by atoms with Crippen LogP contribution in [0.15, 0.2) is 36.4 Å². The third-order valence-corrected chi connectivity index (χ3v) is 11.2. The number of H-pyrrole nitrogens is 2. The van der Waals surface area contributed by atoms with Crippen LogP contribution in [0, 0.1) is 0 Å². The Kier molecular flexibility index (Phi) is 10.9. The number of rotatable bonds is 9. The SMILES string of the molecule is CS(=O)(=O)N1CCC(c2cc(NCc3ccc(Cl)s3)n[nH]2)CC1.Clc1ccc(CNc2cc(C3CCNCC3)[nH]n2)s1. The smallest absolute Gasteiger partial charge is 0.211 e. The number of piperidine rings is 2. The Morgan fingerprint density at radius 3 is 1.74 bits per heavy atom. The van der Waals surface area contributed by atoms with Gasteiger partial charge >= 0.3 is 0 Å². The first-order chi connectivity index (χ1) is 20.2. The van der Waals surface area contributed by atoms with Crippen LogP contribution in [0.3, 0.4) is 0 Å². The minimum Gasteiger partial charge on any atom is -0.364 e. The van der Waals surface area contributed by atoms with Gasteiger partial charge in [0, 0.05) is 58.2 Å². The van der Waals surface area contributed by atoms with Gasteiger partial charge in [0.2, 0.25) is 10.0 Å². The van der Waals surface area contributed by atoms with Crippen molar-refractivity contribution in [2.75, 3.05) is 43.1 Å². The van der Waals surface area contributed by atoms with Gasteiger partial charge in [0.05, 0.1) is 28.0 Å². The summed E-state index contributed by atoms with van der Waals surface area (Å²) in [6.45, 7) is 4.79. The Labute approximate surface area is 264 Å². The maximum atomic E-state index is 11.5. The van der Waals surface area contributed by atoms with E-state index in [-0.39, 0.29) is 0 Å². The van der Waals surface area contributed by atoms with Gasteiger partial charge < -0.3 is 16.0 Å². The van der Waals surface area contributed by atoms with E-state index in [0.717, 1.165) is 63.4 Å². The number of aromatic amines is 2. The van der Waals surface area contributed by atoms with Gasteiger partial charge in [0.15, 0.2) is 0 Å². The van der Waals surface area contributed by atoms with Gasteiger partial charge in [-0.05, 0) is 63.0 Å². The van der Waals surface area contributed by atoms with Crippen LogP contribution < -0.4 is 16.0 Å². The van der Waals surface area contributed by atoms with Crippen LogP contribution in [0.25, 0.3) is 0 Å². The molecule has 4 aromatic heterocycles. The van der Waals surface area contributed by atoms with Gasteiger partial charge in [-0.2, -0.15) is 10.2 Å².